The third-order valence-electron chi connectivity index (χ3n) is 5.15. The molecular formula is C19H27ClN4O2. The Labute approximate surface area is 159 Å². The summed E-state index contributed by atoms with van der Waals surface area (Å²) < 4.78 is 0. The third-order valence-corrected chi connectivity index (χ3v) is 5.38. The van der Waals surface area contributed by atoms with Gasteiger partial charge in [-0.2, -0.15) is 0 Å². The molecule has 0 spiro atoms. The Morgan fingerprint density at radius 1 is 1.08 bits per heavy atom. The lowest BCUT2D eigenvalue weighted by molar-refractivity contribution is -0.130. The Kier molecular flexibility index (Phi) is 6.61. The molecule has 0 atom stereocenters. The van der Waals surface area contributed by atoms with Crippen LogP contribution in [0, 0.1) is 0 Å². The van der Waals surface area contributed by atoms with Gasteiger partial charge in [0.2, 0.25) is 5.91 Å². The topological polar surface area (TPSA) is 64.7 Å². The van der Waals surface area contributed by atoms with Gasteiger partial charge in [0.1, 0.15) is 0 Å². The fraction of sp³-hybridized carbons (Fsp3) is 0.579. The number of nitrogens with one attached hydrogen (secondary N) is 2. The number of nitrogens with zero attached hydrogens (tertiary/aromatic N) is 2. The van der Waals surface area contributed by atoms with Crippen LogP contribution in [0.15, 0.2) is 24.3 Å². The van der Waals surface area contributed by atoms with Crippen LogP contribution in [-0.4, -0.2) is 55.6 Å². The zero-order chi connectivity index (χ0) is 18.4. The molecule has 2 fully saturated rings. The fourth-order valence-electron chi connectivity index (χ4n) is 3.64. The van der Waals surface area contributed by atoms with Crippen LogP contribution in [0.5, 0.6) is 0 Å². The maximum absolute atomic E-state index is 12.3. The Hall–Kier alpha value is -1.95. The molecule has 1 saturated heterocycles. The van der Waals surface area contributed by atoms with E-state index in [0.29, 0.717) is 18.1 Å². The van der Waals surface area contributed by atoms with Crippen LogP contribution < -0.4 is 15.5 Å². The lowest BCUT2D eigenvalue weighted by Gasteiger charge is -2.36. The lowest BCUT2D eigenvalue weighted by atomic mass is 9.96. The van der Waals surface area contributed by atoms with E-state index in [4.69, 9.17) is 11.6 Å². The van der Waals surface area contributed by atoms with Crippen molar-refractivity contribution in [2.75, 3.05) is 37.6 Å². The second-order valence-electron chi connectivity index (χ2n) is 7.01. The summed E-state index contributed by atoms with van der Waals surface area (Å²) in [5.41, 5.74) is 1.08. The minimum Gasteiger partial charge on any atom is -0.368 e. The first-order valence-corrected chi connectivity index (χ1v) is 9.82. The van der Waals surface area contributed by atoms with E-state index >= 15 is 0 Å². The summed E-state index contributed by atoms with van der Waals surface area (Å²) in [6.07, 6.45) is 5.65. The van der Waals surface area contributed by atoms with Crippen molar-refractivity contribution in [3.63, 3.8) is 0 Å². The summed E-state index contributed by atoms with van der Waals surface area (Å²) in [6, 6.07) is 7.78. The van der Waals surface area contributed by atoms with Crippen molar-refractivity contribution in [1.82, 2.24) is 15.5 Å². The Morgan fingerprint density at radius 3 is 2.50 bits per heavy atom. The average molecular weight is 379 g/mol. The van der Waals surface area contributed by atoms with Gasteiger partial charge >= 0.3 is 6.03 Å². The molecule has 142 valence electrons. The van der Waals surface area contributed by atoms with Crippen LogP contribution >= 0.6 is 11.6 Å². The van der Waals surface area contributed by atoms with Gasteiger partial charge < -0.3 is 20.4 Å². The predicted molar refractivity (Wildman–Crippen MR) is 104 cm³/mol. The highest BCUT2D eigenvalue weighted by molar-refractivity contribution is 6.30. The summed E-state index contributed by atoms with van der Waals surface area (Å²) in [4.78, 5) is 28.3. The number of benzene rings is 1. The van der Waals surface area contributed by atoms with Crippen molar-refractivity contribution in [3.8, 4) is 0 Å². The van der Waals surface area contributed by atoms with E-state index in [0.717, 1.165) is 31.6 Å². The first-order chi connectivity index (χ1) is 12.6. The molecule has 2 aliphatic rings. The molecule has 0 unspecified atom stereocenters. The number of hydrogen-bond acceptors (Lipinski definition) is 3. The number of piperazine rings is 1. The summed E-state index contributed by atoms with van der Waals surface area (Å²) in [7, 11) is 0. The maximum Gasteiger partial charge on any atom is 0.315 e. The Bertz CT molecular complexity index is 626. The molecule has 0 aromatic heterocycles. The van der Waals surface area contributed by atoms with E-state index < -0.39 is 0 Å². The summed E-state index contributed by atoms with van der Waals surface area (Å²) in [6.45, 7) is 2.88. The highest BCUT2D eigenvalue weighted by Crippen LogP contribution is 2.20. The average Bonchev–Trinajstić information content (AvgIpc) is 2.67. The smallest absolute Gasteiger partial charge is 0.315 e. The van der Waals surface area contributed by atoms with Gasteiger partial charge in [-0.3, -0.25) is 4.79 Å². The minimum atomic E-state index is -0.234. The normalized spacial score (nSPS) is 18.5. The Balaban J connectivity index is 1.38. The van der Waals surface area contributed by atoms with Crippen LogP contribution in [-0.2, 0) is 4.79 Å². The third kappa shape index (κ3) is 5.27. The molecule has 6 nitrogen and oxygen atoms in total. The SMILES string of the molecule is O=C(NCC(=O)N1CCN(c2cccc(Cl)c2)CC1)NC1CCCCC1. The van der Waals surface area contributed by atoms with Gasteiger partial charge in [0.05, 0.1) is 6.54 Å². The fourth-order valence-corrected chi connectivity index (χ4v) is 3.82. The number of rotatable bonds is 4. The second kappa shape index (κ2) is 9.12. The maximum atomic E-state index is 12.3. The molecule has 26 heavy (non-hydrogen) atoms. The Morgan fingerprint density at radius 2 is 1.81 bits per heavy atom. The van der Waals surface area contributed by atoms with Crippen LogP contribution in [0.4, 0.5) is 10.5 Å². The second-order valence-corrected chi connectivity index (χ2v) is 7.45. The van der Waals surface area contributed by atoms with Crippen molar-refractivity contribution in [2.24, 2.45) is 0 Å². The van der Waals surface area contributed by atoms with E-state index in [1.165, 1.54) is 19.3 Å². The molecule has 3 rings (SSSR count). The van der Waals surface area contributed by atoms with Crippen molar-refractivity contribution in [2.45, 2.75) is 38.1 Å². The van der Waals surface area contributed by atoms with Gasteiger partial charge in [-0.1, -0.05) is 36.9 Å². The molecule has 3 amide bonds. The largest absolute Gasteiger partial charge is 0.368 e. The van der Waals surface area contributed by atoms with Gasteiger partial charge in [-0.05, 0) is 31.0 Å². The van der Waals surface area contributed by atoms with Gasteiger partial charge in [0, 0.05) is 42.9 Å². The van der Waals surface area contributed by atoms with Gasteiger partial charge in [-0.25, -0.2) is 4.79 Å². The van der Waals surface area contributed by atoms with Gasteiger partial charge in [-0.15, -0.1) is 0 Å². The number of carbonyl (C=O) groups is 2. The lowest BCUT2D eigenvalue weighted by Crippen LogP contribution is -2.52. The van der Waals surface area contributed by atoms with Gasteiger partial charge in [0.25, 0.3) is 0 Å². The summed E-state index contributed by atoms with van der Waals surface area (Å²) in [5.74, 6) is -0.0328. The minimum absolute atomic E-state index is 0.0328. The number of halogens is 1. The van der Waals surface area contributed by atoms with E-state index in [1.807, 2.05) is 29.2 Å². The first-order valence-electron chi connectivity index (χ1n) is 9.44. The number of urea groups is 1. The molecule has 1 aliphatic heterocycles. The number of anilines is 1. The molecule has 2 N–H and O–H groups in total. The number of amides is 3. The molecule has 1 aliphatic carbocycles. The highest BCUT2D eigenvalue weighted by Gasteiger charge is 2.22. The monoisotopic (exact) mass is 378 g/mol. The van der Waals surface area contributed by atoms with Crippen LogP contribution in [0.25, 0.3) is 0 Å². The molecular weight excluding hydrogens is 352 g/mol. The first kappa shape index (κ1) is 18.8. The predicted octanol–water partition coefficient (Wildman–Crippen LogP) is 2.62. The summed E-state index contributed by atoms with van der Waals surface area (Å²) in [5, 5.41) is 6.39. The quantitative estimate of drug-likeness (QED) is 0.846. The number of carbonyl (C=O) groups excluding carboxylic acids is 2. The van der Waals surface area contributed by atoms with E-state index in [-0.39, 0.29) is 24.5 Å². The molecule has 0 bridgehead atoms. The van der Waals surface area contributed by atoms with Crippen LogP contribution in [0.1, 0.15) is 32.1 Å². The zero-order valence-electron chi connectivity index (χ0n) is 15.0. The van der Waals surface area contributed by atoms with Crippen LogP contribution in [0.2, 0.25) is 5.02 Å². The van der Waals surface area contributed by atoms with Crippen LogP contribution in [0.3, 0.4) is 0 Å². The molecule has 1 aromatic rings. The molecule has 7 heteroatoms. The zero-order valence-corrected chi connectivity index (χ0v) is 15.8. The standard InChI is InChI=1S/C19H27ClN4O2/c20-15-5-4-8-17(13-15)23-9-11-24(12-10-23)18(25)14-21-19(26)22-16-6-2-1-3-7-16/h4-5,8,13,16H,1-3,6-7,9-12,14H2,(H2,21,22,26). The van der Waals surface area contributed by atoms with Crippen molar-refractivity contribution >= 4 is 29.2 Å². The summed E-state index contributed by atoms with van der Waals surface area (Å²) >= 11 is 6.05. The molecule has 0 radical (unpaired) electrons. The van der Waals surface area contributed by atoms with Gasteiger partial charge in [0.15, 0.2) is 0 Å². The van der Waals surface area contributed by atoms with Crippen molar-refractivity contribution in [3.05, 3.63) is 29.3 Å². The van der Waals surface area contributed by atoms with E-state index in [2.05, 4.69) is 15.5 Å². The van der Waals surface area contributed by atoms with Crippen molar-refractivity contribution in [1.29, 1.82) is 0 Å². The van der Waals surface area contributed by atoms with Crippen molar-refractivity contribution < 1.29 is 9.59 Å². The van der Waals surface area contributed by atoms with E-state index in [9.17, 15) is 9.59 Å². The molecule has 1 saturated carbocycles. The highest BCUT2D eigenvalue weighted by atomic mass is 35.5. The molecule has 1 heterocycles. The number of hydrogen-bond donors (Lipinski definition) is 2. The molecule has 1 aromatic carbocycles. The van der Waals surface area contributed by atoms with E-state index in [1.54, 1.807) is 0 Å².